The molecule has 92 valence electrons. The molecule has 2 bridgehead atoms. The van der Waals surface area contributed by atoms with E-state index in [1.54, 1.807) is 5.57 Å². The number of nitrogen functional groups attached to an aromatic ring is 1. The van der Waals surface area contributed by atoms with Crippen molar-refractivity contribution in [1.29, 1.82) is 0 Å². The van der Waals surface area contributed by atoms with Gasteiger partial charge in [-0.05, 0) is 55.4 Å². The minimum absolute atomic E-state index is 0.225. The van der Waals surface area contributed by atoms with E-state index in [1.165, 1.54) is 18.4 Å². The molecule has 4 rings (SSSR count). The van der Waals surface area contributed by atoms with Crippen molar-refractivity contribution in [3.05, 3.63) is 41.0 Å². The van der Waals surface area contributed by atoms with Crippen LogP contribution in [0.2, 0.25) is 0 Å². The average molecular weight is 239 g/mol. The summed E-state index contributed by atoms with van der Waals surface area (Å²) in [7, 11) is 0. The Hall–Kier alpha value is -1.57. The van der Waals surface area contributed by atoms with Crippen molar-refractivity contribution in [1.82, 2.24) is 0 Å². The number of hydrogen-bond donors (Lipinski definition) is 1. The number of anilines is 1. The van der Waals surface area contributed by atoms with Gasteiger partial charge in [0, 0.05) is 23.1 Å². The molecule has 18 heavy (non-hydrogen) atoms. The molecule has 1 aromatic carbocycles. The smallest absolute Gasteiger partial charge is 0.163 e. The molecule has 0 saturated heterocycles. The van der Waals surface area contributed by atoms with E-state index < -0.39 is 0 Å². The Kier molecular flexibility index (Phi) is 1.87. The normalized spacial score (nSPS) is 32.8. The number of benzene rings is 1. The summed E-state index contributed by atoms with van der Waals surface area (Å²) in [6, 6.07) is 5.87. The third kappa shape index (κ3) is 1.16. The van der Waals surface area contributed by atoms with Crippen molar-refractivity contribution in [3.63, 3.8) is 0 Å². The number of allylic oxidation sites excluding steroid dienone is 2. The molecule has 0 radical (unpaired) electrons. The van der Waals surface area contributed by atoms with Gasteiger partial charge in [-0.1, -0.05) is 11.6 Å². The van der Waals surface area contributed by atoms with Crippen LogP contribution in [0.4, 0.5) is 5.69 Å². The number of fused-ring (bicyclic) bond motifs is 5. The lowest BCUT2D eigenvalue weighted by atomic mass is 9.62. The largest absolute Gasteiger partial charge is 0.399 e. The van der Waals surface area contributed by atoms with Gasteiger partial charge in [0.05, 0.1) is 0 Å². The molecule has 0 aliphatic heterocycles. The predicted molar refractivity (Wildman–Crippen MR) is 71.5 cm³/mol. The van der Waals surface area contributed by atoms with Crippen molar-refractivity contribution >= 4 is 11.5 Å². The summed E-state index contributed by atoms with van der Waals surface area (Å²) in [6.45, 7) is 0. The predicted octanol–water partition coefficient (Wildman–Crippen LogP) is 3.22. The quantitative estimate of drug-likeness (QED) is 0.558. The number of nitrogens with two attached hydrogens (primary N) is 1. The molecule has 1 fully saturated rings. The number of rotatable bonds is 0. The summed E-state index contributed by atoms with van der Waals surface area (Å²) in [6.07, 6.45) is 7.71. The van der Waals surface area contributed by atoms with Gasteiger partial charge in [0.25, 0.3) is 0 Å². The fourth-order valence-electron chi connectivity index (χ4n) is 4.34. The summed E-state index contributed by atoms with van der Waals surface area (Å²) in [5, 5.41) is 0. The second-order valence-electron chi connectivity index (χ2n) is 6.06. The Balaban J connectivity index is 1.94. The number of ketones is 1. The van der Waals surface area contributed by atoms with E-state index in [9.17, 15) is 4.79 Å². The van der Waals surface area contributed by atoms with Gasteiger partial charge < -0.3 is 5.73 Å². The third-order valence-corrected chi connectivity index (χ3v) is 5.20. The summed E-state index contributed by atoms with van der Waals surface area (Å²) in [5.74, 6) is 1.01. The van der Waals surface area contributed by atoms with Crippen LogP contribution in [0.3, 0.4) is 0 Å². The molecule has 2 atom stereocenters. The lowest BCUT2D eigenvalue weighted by Crippen LogP contribution is -2.37. The molecule has 0 heterocycles. The zero-order valence-corrected chi connectivity index (χ0v) is 10.4. The molecule has 1 aromatic rings. The van der Waals surface area contributed by atoms with Crippen LogP contribution in [-0.2, 0) is 5.41 Å². The zero-order chi connectivity index (χ0) is 12.3. The Morgan fingerprint density at radius 3 is 2.94 bits per heavy atom. The fraction of sp³-hybridized carbons (Fsp3) is 0.438. The molecule has 3 aliphatic carbocycles. The fourth-order valence-corrected chi connectivity index (χ4v) is 4.34. The van der Waals surface area contributed by atoms with Crippen molar-refractivity contribution in [2.45, 2.75) is 37.5 Å². The Labute approximate surface area is 107 Å². The van der Waals surface area contributed by atoms with Crippen LogP contribution in [0.15, 0.2) is 29.8 Å². The van der Waals surface area contributed by atoms with Gasteiger partial charge in [-0.25, -0.2) is 0 Å². The molecule has 2 N–H and O–H groups in total. The first-order valence-electron chi connectivity index (χ1n) is 6.80. The molecule has 2 unspecified atom stereocenters. The van der Waals surface area contributed by atoms with Crippen LogP contribution < -0.4 is 5.73 Å². The Morgan fingerprint density at radius 2 is 2.22 bits per heavy atom. The van der Waals surface area contributed by atoms with Crippen molar-refractivity contribution in [2.75, 3.05) is 5.73 Å². The van der Waals surface area contributed by atoms with Gasteiger partial charge in [0.2, 0.25) is 0 Å². The lowest BCUT2D eigenvalue weighted by Gasteiger charge is -2.41. The van der Waals surface area contributed by atoms with Gasteiger partial charge in [-0.3, -0.25) is 4.79 Å². The molecule has 3 aliphatic rings. The number of carbonyl (C=O) groups excluding carboxylic acids is 1. The van der Waals surface area contributed by atoms with Gasteiger partial charge in [0.15, 0.2) is 5.78 Å². The number of carbonyl (C=O) groups is 1. The van der Waals surface area contributed by atoms with Gasteiger partial charge in [-0.2, -0.15) is 0 Å². The first-order valence-corrected chi connectivity index (χ1v) is 6.80. The first-order chi connectivity index (χ1) is 8.69. The molecule has 2 nitrogen and oxygen atoms in total. The highest BCUT2D eigenvalue weighted by Gasteiger charge is 2.51. The van der Waals surface area contributed by atoms with Crippen LogP contribution in [-0.4, -0.2) is 5.78 Å². The zero-order valence-electron chi connectivity index (χ0n) is 10.4. The molecule has 0 aromatic heterocycles. The second-order valence-corrected chi connectivity index (χ2v) is 6.06. The van der Waals surface area contributed by atoms with Crippen molar-refractivity contribution in [2.24, 2.45) is 5.92 Å². The molecule has 1 saturated carbocycles. The van der Waals surface area contributed by atoms with Crippen molar-refractivity contribution in [3.8, 4) is 0 Å². The minimum atomic E-state index is 0.225. The molecular weight excluding hydrogens is 222 g/mol. The van der Waals surface area contributed by atoms with Crippen LogP contribution in [0.5, 0.6) is 0 Å². The maximum atomic E-state index is 12.1. The van der Waals surface area contributed by atoms with Crippen LogP contribution in [0, 0.1) is 5.92 Å². The summed E-state index contributed by atoms with van der Waals surface area (Å²) in [4.78, 5) is 12.1. The summed E-state index contributed by atoms with van der Waals surface area (Å²) in [5.41, 5.74) is 10.7. The van der Waals surface area contributed by atoms with Crippen molar-refractivity contribution < 1.29 is 4.79 Å². The van der Waals surface area contributed by atoms with Gasteiger partial charge in [0.1, 0.15) is 0 Å². The maximum Gasteiger partial charge on any atom is 0.163 e. The highest BCUT2D eigenvalue weighted by molar-refractivity contribution is 5.99. The maximum absolute atomic E-state index is 12.1. The van der Waals surface area contributed by atoms with E-state index in [0.717, 1.165) is 24.1 Å². The highest BCUT2D eigenvalue weighted by Crippen LogP contribution is 2.58. The Morgan fingerprint density at radius 1 is 1.33 bits per heavy atom. The topological polar surface area (TPSA) is 43.1 Å². The first kappa shape index (κ1) is 10.4. The highest BCUT2D eigenvalue weighted by atomic mass is 16.1. The van der Waals surface area contributed by atoms with E-state index in [-0.39, 0.29) is 5.41 Å². The number of hydrogen-bond acceptors (Lipinski definition) is 2. The minimum Gasteiger partial charge on any atom is -0.399 e. The molecule has 2 heteroatoms. The van der Waals surface area contributed by atoms with E-state index in [0.29, 0.717) is 18.1 Å². The van der Waals surface area contributed by atoms with Crippen LogP contribution in [0.25, 0.3) is 0 Å². The van der Waals surface area contributed by atoms with Crippen LogP contribution >= 0.6 is 0 Å². The van der Waals surface area contributed by atoms with E-state index in [1.807, 2.05) is 12.1 Å². The van der Waals surface area contributed by atoms with Gasteiger partial charge in [-0.15, -0.1) is 0 Å². The Bertz CT molecular complexity index is 587. The lowest BCUT2D eigenvalue weighted by molar-refractivity contribution is 0.0939. The summed E-state index contributed by atoms with van der Waals surface area (Å²) >= 11 is 0. The molecule has 0 amide bonds. The second kappa shape index (κ2) is 3.25. The third-order valence-electron chi connectivity index (χ3n) is 5.20. The average Bonchev–Trinajstić information content (AvgIpc) is 2.95. The van der Waals surface area contributed by atoms with E-state index in [2.05, 4.69) is 12.1 Å². The number of Topliss-reactive ketones (excluding diaryl/α,β-unsaturated/α-hetero) is 1. The monoisotopic (exact) mass is 239 g/mol. The van der Waals surface area contributed by atoms with Gasteiger partial charge >= 0.3 is 0 Å². The molecular formula is C16H17NO. The summed E-state index contributed by atoms with van der Waals surface area (Å²) < 4.78 is 0. The van der Waals surface area contributed by atoms with Crippen LogP contribution in [0.1, 0.15) is 48.0 Å². The SMILES string of the molecule is Nc1ccc2c(c1)C1(CCC2=O)CC2=CCC1C2. The molecule has 1 spiro atoms. The van der Waals surface area contributed by atoms with E-state index >= 15 is 0 Å². The standard InChI is InChI=1S/C16H17NO/c17-12-3-4-13-14(8-12)16(6-5-15(13)18)9-10-1-2-11(16)7-10/h1,3-4,8,11H,2,5-7,9,17H2. The van der Waals surface area contributed by atoms with E-state index in [4.69, 9.17) is 5.73 Å².